The van der Waals surface area contributed by atoms with Crippen molar-refractivity contribution in [3.05, 3.63) is 29.8 Å². The Morgan fingerprint density at radius 2 is 2.17 bits per heavy atom. The van der Waals surface area contributed by atoms with Crippen molar-refractivity contribution >= 4 is 19.5 Å². The molecule has 0 aliphatic heterocycles. The highest BCUT2D eigenvalue weighted by Crippen LogP contribution is 2.11. The molecule has 3 nitrogen and oxygen atoms in total. The average molecular weight is 161 g/mol. The lowest BCUT2D eigenvalue weighted by Gasteiger charge is -2.03. The predicted molar refractivity (Wildman–Crippen MR) is 46.9 cm³/mol. The molecular weight excluding hydrogens is 153 g/mol. The summed E-state index contributed by atoms with van der Waals surface area (Å²) in [5.74, 6) is -0.490. The molecule has 0 saturated carbocycles. The third-order valence-corrected chi connectivity index (χ3v) is 1.40. The first-order chi connectivity index (χ1) is 5.75. The Hall–Kier alpha value is -1.45. The van der Waals surface area contributed by atoms with Crippen LogP contribution in [0.3, 0.4) is 0 Å². The number of nitrogen functional groups attached to an aromatic ring is 1. The van der Waals surface area contributed by atoms with Crippen molar-refractivity contribution in [3.8, 4) is 0 Å². The minimum atomic E-state index is -0.490. The largest absolute Gasteiger partial charge is 0.472 e. The van der Waals surface area contributed by atoms with E-state index in [1.807, 2.05) is 0 Å². The molecule has 1 rings (SSSR count). The van der Waals surface area contributed by atoms with Crippen molar-refractivity contribution in [2.24, 2.45) is 0 Å². The second kappa shape index (κ2) is 3.81. The number of ether oxygens (including phenoxy) is 1. The van der Waals surface area contributed by atoms with Crippen molar-refractivity contribution in [2.45, 2.75) is 0 Å². The molecule has 0 atom stereocenters. The first-order valence-electron chi connectivity index (χ1n) is 3.47. The van der Waals surface area contributed by atoms with Crippen LogP contribution in [0, 0.1) is 0 Å². The standard InChI is InChI=1S/C8H8BNO2/c9-5-12-8(11)6-3-1-2-4-7(6)10/h1-4H,5,10H2. The lowest BCUT2D eigenvalue weighted by atomic mass is 10.1. The molecule has 2 radical (unpaired) electrons. The smallest absolute Gasteiger partial charge is 0.339 e. The molecule has 0 aromatic heterocycles. The van der Waals surface area contributed by atoms with Gasteiger partial charge in [0.1, 0.15) is 7.85 Å². The van der Waals surface area contributed by atoms with Gasteiger partial charge in [-0.3, -0.25) is 0 Å². The summed E-state index contributed by atoms with van der Waals surface area (Å²) in [5, 5.41) is 0. The normalized spacial score (nSPS) is 9.33. The van der Waals surface area contributed by atoms with Gasteiger partial charge >= 0.3 is 5.97 Å². The summed E-state index contributed by atoms with van der Waals surface area (Å²) in [4.78, 5) is 11.1. The van der Waals surface area contributed by atoms with Crippen LogP contribution in [0.4, 0.5) is 5.69 Å². The Morgan fingerprint density at radius 3 is 2.75 bits per heavy atom. The second-order valence-electron chi connectivity index (χ2n) is 2.19. The highest BCUT2D eigenvalue weighted by Gasteiger charge is 2.07. The van der Waals surface area contributed by atoms with Crippen LogP contribution in [0.25, 0.3) is 0 Å². The summed E-state index contributed by atoms with van der Waals surface area (Å²) in [6.07, 6.45) is 0. The fourth-order valence-electron chi connectivity index (χ4n) is 0.836. The number of esters is 1. The maximum atomic E-state index is 11.1. The van der Waals surface area contributed by atoms with Crippen LogP contribution in [0.1, 0.15) is 10.4 Å². The number of nitrogens with two attached hydrogens (primary N) is 1. The second-order valence-corrected chi connectivity index (χ2v) is 2.19. The van der Waals surface area contributed by atoms with Gasteiger partial charge in [-0.15, -0.1) is 0 Å². The van der Waals surface area contributed by atoms with Gasteiger partial charge in [0.15, 0.2) is 0 Å². The van der Waals surface area contributed by atoms with Gasteiger partial charge in [-0.05, 0) is 12.1 Å². The van der Waals surface area contributed by atoms with Crippen molar-refractivity contribution in [1.82, 2.24) is 0 Å². The van der Waals surface area contributed by atoms with E-state index in [0.717, 1.165) is 0 Å². The number of carbonyl (C=O) groups is 1. The van der Waals surface area contributed by atoms with Gasteiger partial charge in [0.05, 0.1) is 5.56 Å². The Balaban J connectivity index is 2.87. The van der Waals surface area contributed by atoms with E-state index in [-0.39, 0.29) is 6.51 Å². The molecule has 0 spiro atoms. The first kappa shape index (κ1) is 8.65. The maximum Gasteiger partial charge on any atom is 0.339 e. The van der Waals surface area contributed by atoms with Crippen molar-refractivity contribution in [3.63, 3.8) is 0 Å². The van der Waals surface area contributed by atoms with Gasteiger partial charge in [-0.1, -0.05) is 12.1 Å². The van der Waals surface area contributed by atoms with Crippen LogP contribution in [-0.4, -0.2) is 20.3 Å². The van der Waals surface area contributed by atoms with Crippen LogP contribution >= 0.6 is 0 Å². The zero-order chi connectivity index (χ0) is 8.97. The average Bonchev–Trinajstić information content (AvgIpc) is 2.05. The topological polar surface area (TPSA) is 52.3 Å². The van der Waals surface area contributed by atoms with Crippen molar-refractivity contribution in [2.75, 3.05) is 12.2 Å². The summed E-state index contributed by atoms with van der Waals surface area (Å²) in [7, 11) is 5.03. The van der Waals surface area contributed by atoms with E-state index in [2.05, 4.69) is 4.74 Å². The molecule has 60 valence electrons. The molecule has 1 aromatic carbocycles. The lowest BCUT2D eigenvalue weighted by molar-refractivity contribution is 0.0575. The van der Waals surface area contributed by atoms with Gasteiger partial charge in [0.25, 0.3) is 0 Å². The van der Waals surface area contributed by atoms with Crippen molar-refractivity contribution in [1.29, 1.82) is 0 Å². The molecule has 12 heavy (non-hydrogen) atoms. The van der Waals surface area contributed by atoms with E-state index in [1.165, 1.54) is 0 Å². The van der Waals surface area contributed by atoms with Gasteiger partial charge in [-0.2, -0.15) is 0 Å². The summed E-state index contributed by atoms with van der Waals surface area (Å²) in [5.41, 5.74) is 6.26. The van der Waals surface area contributed by atoms with Gasteiger partial charge < -0.3 is 10.5 Å². The minimum Gasteiger partial charge on any atom is -0.472 e. The first-order valence-corrected chi connectivity index (χ1v) is 3.47. The van der Waals surface area contributed by atoms with Gasteiger partial charge in [0, 0.05) is 12.2 Å². The minimum absolute atomic E-state index is 0.132. The quantitative estimate of drug-likeness (QED) is 0.391. The number of benzene rings is 1. The van der Waals surface area contributed by atoms with Gasteiger partial charge in [-0.25, -0.2) is 4.79 Å². The van der Waals surface area contributed by atoms with Gasteiger partial charge in [0.2, 0.25) is 0 Å². The Kier molecular flexibility index (Phi) is 2.74. The molecule has 4 heteroatoms. The monoisotopic (exact) mass is 161 g/mol. The SMILES string of the molecule is [B]COC(=O)c1ccccc1N. The summed E-state index contributed by atoms with van der Waals surface area (Å²) < 4.78 is 4.57. The zero-order valence-electron chi connectivity index (χ0n) is 6.49. The zero-order valence-corrected chi connectivity index (χ0v) is 6.49. The highest BCUT2D eigenvalue weighted by molar-refractivity contribution is 6.09. The molecular formula is C8H8BNO2. The predicted octanol–water partition coefficient (Wildman–Crippen LogP) is 0.552. The Bertz CT molecular complexity index is 288. The molecule has 0 amide bonds. The maximum absolute atomic E-state index is 11.1. The Morgan fingerprint density at radius 1 is 1.50 bits per heavy atom. The molecule has 0 fully saturated rings. The van der Waals surface area contributed by atoms with Crippen LogP contribution < -0.4 is 5.73 Å². The molecule has 2 N–H and O–H groups in total. The summed E-state index contributed by atoms with van der Waals surface area (Å²) in [6, 6.07) is 6.68. The number of hydrogen-bond acceptors (Lipinski definition) is 3. The number of rotatable bonds is 2. The van der Waals surface area contributed by atoms with Crippen molar-refractivity contribution < 1.29 is 9.53 Å². The van der Waals surface area contributed by atoms with Crippen LogP contribution in [0.15, 0.2) is 24.3 Å². The van der Waals surface area contributed by atoms with E-state index in [4.69, 9.17) is 13.6 Å². The number of hydrogen-bond donors (Lipinski definition) is 1. The molecule has 0 unspecified atom stereocenters. The third kappa shape index (κ3) is 1.78. The summed E-state index contributed by atoms with van der Waals surface area (Å²) in [6.45, 7) is -0.132. The van der Waals surface area contributed by atoms with E-state index in [1.54, 1.807) is 24.3 Å². The molecule has 0 aliphatic carbocycles. The number of carbonyl (C=O) groups excluding carboxylic acids is 1. The number of anilines is 1. The van der Waals surface area contributed by atoms with Crippen LogP contribution in [-0.2, 0) is 4.74 Å². The van der Waals surface area contributed by atoms with E-state index < -0.39 is 5.97 Å². The van der Waals surface area contributed by atoms with E-state index in [0.29, 0.717) is 11.3 Å². The van der Waals surface area contributed by atoms with E-state index in [9.17, 15) is 4.79 Å². The fourth-order valence-corrected chi connectivity index (χ4v) is 0.836. The Labute approximate surface area is 71.9 Å². The van der Waals surface area contributed by atoms with Crippen LogP contribution in [0.5, 0.6) is 0 Å². The lowest BCUT2D eigenvalue weighted by Crippen LogP contribution is -2.08. The fraction of sp³-hybridized carbons (Fsp3) is 0.125. The highest BCUT2D eigenvalue weighted by atomic mass is 16.5. The van der Waals surface area contributed by atoms with Crippen LogP contribution in [0.2, 0.25) is 0 Å². The summed E-state index contributed by atoms with van der Waals surface area (Å²) >= 11 is 0. The molecule has 1 aromatic rings. The van der Waals surface area contributed by atoms with E-state index >= 15 is 0 Å². The number of para-hydroxylation sites is 1. The molecule has 0 saturated heterocycles. The third-order valence-electron chi connectivity index (χ3n) is 1.40. The molecule has 0 heterocycles. The molecule has 0 bridgehead atoms. The molecule has 0 aliphatic rings.